The highest BCUT2D eigenvalue weighted by molar-refractivity contribution is 5.85. The topological polar surface area (TPSA) is 52.3 Å². The zero-order valence-corrected chi connectivity index (χ0v) is 5.06. The molecule has 0 aromatic heterocycles. The minimum absolute atomic E-state index is 0. The maximum atomic E-state index is 9.42. The Labute approximate surface area is 53.9 Å². The molecule has 0 saturated carbocycles. The Balaban J connectivity index is 0. The first-order valence-corrected chi connectivity index (χ1v) is 1.78. The van der Waals surface area contributed by atoms with Gasteiger partial charge in [-0.2, -0.15) is 0 Å². The van der Waals surface area contributed by atoms with Crippen LogP contribution in [0.2, 0.25) is 0 Å². The second kappa shape index (κ2) is 6.46. The van der Waals surface area contributed by atoms with E-state index in [0.717, 1.165) is 0 Å². The molecule has 8 heavy (non-hydrogen) atoms. The van der Waals surface area contributed by atoms with Gasteiger partial charge in [0.25, 0.3) is 6.47 Å². The zero-order chi connectivity index (χ0) is 5.70. The van der Waals surface area contributed by atoms with Crippen molar-refractivity contribution < 1.29 is 9.53 Å². The lowest BCUT2D eigenvalue weighted by Crippen LogP contribution is -2.19. The molecule has 1 atom stereocenters. The van der Waals surface area contributed by atoms with Crippen molar-refractivity contribution in [1.82, 2.24) is 0 Å². The lowest BCUT2D eigenvalue weighted by molar-refractivity contribution is -0.131. The fourth-order valence-corrected chi connectivity index (χ4v) is 0.120. The van der Waals surface area contributed by atoms with Crippen LogP contribution in [0.15, 0.2) is 12.7 Å². The number of ether oxygens (including phenoxy) is 1. The van der Waals surface area contributed by atoms with Crippen LogP contribution in [0, 0.1) is 0 Å². The summed E-state index contributed by atoms with van der Waals surface area (Å²) in [7, 11) is 0. The van der Waals surface area contributed by atoms with Gasteiger partial charge in [0.15, 0.2) is 6.23 Å². The first kappa shape index (κ1) is 10.4. The zero-order valence-electron chi connectivity index (χ0n) is 4.24. The summed E-state index contributed by atoms with van der Waals surface area (Å²) in [5.74, 6) is 0. The Bertz CT molecular complexity index is 76.4. The van der Waals surface area contributed by atoms with E-state index in [-0.39, 0.29) is 18.9 Å². The molecule has 0 aliphatic carbocycles. The SMILES string of the molecule is C=CC(N)OC=O.Cl. The molecule has 0 heterocycles. The molecule has 3 nitrogen and oxygen atoms in total. The van der Waals surface area contributed by atoms with E-state index in [1.807, 2.05) is 0 Å². The van der Waals surface area contributed by atoms with Crippen LogP contribution in [0.25, 0.3) is 0 Å². The molecule has 2 N–H and O–H groups in total. The Kier molecular flexibility index (Phi) is 8.43. The molecule has 1 unspecified atom stereocenters. The Morgan fingerprint density at radius 2 is 2.25 bits per heavy atom. The molecule has 0 rings (SSSR count). The molecule has 0 fully saturated rings. The highest BCUT2D eigenvalue weighted by Gasteiger charge is 1.87. The van der Waals surface area contributed by atoms with E-state index >= 15 is 0 Å². The molecule has 0 amide bonds. The first-order chi connectivity index (χ1) is 3.31. The van der Waals surface area contributed by atoms with Crippen LogP contribution < -0.4 is 5.73 Å². The molecule has 0 aromatic rings. The molecule has 48 valence electrons. The molecule has 0 radical (unpaired) electrons. The van der Waals surface area contributed by atoms with Crippen molar-refractivity contribution in [2.45, 2.75) is 6.23 Å². The van der Waals surface area contributed by atoms with Crippen molar-refractivity contribution in [3.05, 3.63) is 12.7 Å². The maximum Gasteiger partial charge on any atom is 0.294 e. The Morgan fingerprint density at radius 3 is 2.38 bits per heavy atom. The monoisotopic (exact) mass is 137 g/mol. The third-order valence-electron chi connectivity index (χ3n) is 0.445. The van der Waals surface area contributed by atoms with E-state index in [9.17, 15) is 4.79 Å². The van der Waals surface area contributed by atoms with E-state index in [1.165, 1.54) is 6.08 Å². The van der Waals surface area contributed by atoms with E-state index in [4.69, 9.17) is 5.73 Å². The molecule has 0 aliphatic heterocycles. The van der Waals surface area contributed by atoms with Crippen LogP contribution >= 0.6 is 12.4 Å². The third kappa shape index (κ3) is 5.46. The van der Waals surface area contributed by atoms with Crippen LogP contribution in [0.5, 0.6) is 0 Å². The average molecular weight is 138 g/mol. The predicted molar refractivity (Wildman–Crippen MR) is 32.6 cm³/mol. The number of nitrogens with two attached hydrogens (primary N) is 1. The number of hydrogen-bond donors (Lipinski definition) is 1. The fourth-order valence-electron chi connectivity index (χ4n) is 0.120. The number of carbonyl (C=O) groups is 1. The van der Waals surface area contributed by atoms with E-state index in [2.05, 4.69) is 11.3 Å². The minimum Gasteiger partial charge on any atom is -0.445 e. The predicted octanol–water partition coefficient (Wildman–Crippen LogP) is 0.0520. The second-order valence-corrected chi connectivity index (χ2v) is 0.933. The number of rotatable bonds is 3. The van der Waals surface area contributed by atoms with Crippen LogP contribution in [0.4, 0.5) is 0 Å². The normalized spacial score (nSPS) is 10.6. The third-order valence-corrected chi connectivity index (χ3v) is 0.445. The lowest BCUT2D eigenvalue weighted by Gasteiger charge is -1.98. The van der Waals surface area contributed by atoms with Crippen LogP contribution in [-0.2, 0) is 9.53 Å². The second-order valence-electron chi connectivity index (χ2n) is 0.933. The Hall–Kier alpha value is -0.540. The quantitative estimate of drug-likeness (QED) is 0.340. The van der Waals surface area contributed by atoms with Gasteiger partial charge in [-0.1, -0.05) is 6.58 Å². The molecule has 0 spiro atoms. The average Bonchev–Trinajstić information content (AvgIpc) is 1.68. The smallest absolute Gasteiger partial charge is 0.294 e. The van der Waals surface area contributed by atoms with Crippen LogP contribution in [0.3, 0.4) is 0 Å². The summed E-state index contributed by atoms with van der Waals surface area (Å²) >= 11 is 0. The number of halogens is 1. The fraction of sp³-hybridized carbons (Fsp3) is 0.250. The summed E-state index contributed by atoms with van der Waals surface area (Å²) in [6.45, 7) is 3.55. The molecule has 0 saturated heterocycles. The number of hydrogen-bond acceptors (Lipinski definition) is 3. The molecular weight excluding hydrogens is 130 g/mol. The largest absolute Gasteiger partial charge is 0.445 e. The van der Waals surface area contributed by atoms with Gasteiger partial charge >= 0.3 is 0 Å². The van der Waals surface area contributed by atoms with E-state index in [1.54, 1.807) is 0 Å². The summed E-state index contributed by atoms with van der Waals surface area (Å²) in [4.78, 5) is 9.42. The van der Waals surface area contributed by atoms with Crippen LogP contribution in [0.1, 0.15) is 0 Å². The summed E-state index contributed by atoms with van der Waals surface area (Å²) in [5, 5.41) is 0. The molecule has 0 aliphatic rings. The van der Waals surface area contributed by atoms with Gasteiger partial charge in [0, 0.05) is 0 Å². The molecule has 0 aromatic carbocycles. The van der Waals surface area contributed by atoms with Crippen molar-refractivity contribution >= 4 is 18.9 Å². The minimum atomic E-state index is -0.655. The van der Waals surface area contributed by atoms with E-state index in [0.29, 0.717) is 0 Å². The standard InChI is InChI=1S/C4H7NO2.ClH/c1-2-4(5)7-3-6;/h2-4H,1,5H2;1H. The number of carbonyl (C=O) groups excluding carboxylic acids is 1. The van der Waals surface area contributed by atoms with Crippen molar-refractivity contribution in [3.63, 3.8) is 0 Å². The van der Waals surface area contributed by atoms with Gasteiger partial charge in [-0.05, 0) is 6.08 Å². The van der Waals surface area contributed by atoms with Gasteiger partial charge in [0.1, 0.15) is 0 Å². The Morgan fingerprint density at radius 1 is 1.75 bits per heavy atom. The summed E-state index contributed by atoms with van der Waals surface area (Å²) in [6, 6.07) is 0. The van der Waals surface area contributed by atoms with Crippen LogP contribution in [-0.4, -0.2) is 12.7 Å². The highest BCUT2D eigenvalue weighted by Crippen LogP contribution is 1.75. The summed E-state index contributed by atoms with van der Waals surface area (Å²) in [6.07, 6.45) is 0.673. The van der Waals surface area contributed by atoms with Gasteiger partial charge in [0.05, 0.1) is 0 Å². The first-order valence-electron chi connectivity index (χ1n) is 1.78. The van der Waals surface area contributed by atoms with Gasteiger partial charge in [-0.3, -0.25) is 10.5 Å². The van der Waals surface area contributed by atoms with Gasteiger partial charge in [-0.25, -0.2) is 0 Å². The molecular formula is C4H8ClNO2. The van der Waals surface area contributed by atoms with Crippen molar-refractivity contribution in [2.24, 2.45) is 5.73 Å². The van der Waals surface area contributed by atoms with Gasteiger partial charge in [0.2, 0.25) is 0 Å². The van der Waals surface area contributed by atoms with Crippen molar-refractivity contribution in [2.75, 3.05) is 0 Å². The van der Waals surface area contributed by atoms with Gasteiger partial charge in [-0.15, -0.1) is 12.4 Å². The van der Waals surface area contributed by atoms with E-state index < -0.39 is 6.23 Å². The highest BCUT2D eigenvalue weighted by atomic mass is 35.5. The van der Waals surface area contributed by atoms with Gasteiger partial charge < -0.3 is 4.74 Å². The maximum absolute atomic E-state index is 9.42. The summed E-state index contributed by atoms with van der Waals surface area (Å²) in [5.41, 5.74) is 5.01. The molecule has 0 bridgehead atoms. The van der Waals surface area contributed by atoms with Crippen molar-refractivity contribution in [1.29, 1.82) is 0 Å². The summed E-state index contributed by atoms with van der Waals surface area (Å²) < 4.78 is 4.17. The molecule has 4 heteroatoms. The lowest BCUT2D eigenvalue weighted by atomic mass is 10.6. The van der Waals surface area contributed by atoms with Crippen molar-refractivity contribution in [3.8, 4) is 0 Å².